The molecule has 4 rings (SSSR count). The molecule has 1 aromatic heterocycles. The number of nitriles is 1. The summed E-state index contributed by atoms with van der Waals surface area (Å²) in [5.41, 5.74) is 3.52. The molecule has 2 aromatic carbocycles. The van der Waals surface area contributed by atoms with Crippen molar-refractivity contribution in [3.63, 3.8) is 0 Å². The van der Waals surface area contributed by atoms with Crippen LogP contribution < -0.4 is 9.64 Å². The van der Waals surface area contributed by atoms with E-state index in [1.165, 1.54) is 0 Å². The predicted octanol–water partition coefficient (Wildman–Crippen LogP) is 2.42. The molecule has 1 aliphatic heterocycles. The van der Waals surface area contributed by atoms with Gasteiger partial charge in [-0.15, -0.1) is 5.10 Å². The minimum Gasteiger partial charge on any atom is -0.490 e. The number of carbonyl (C=O) groups is 1. The maximum absolute atomic E-state index is 13.2. The summed E-state index contributed by atoms with van der Waals surface area (Å²) in [6.45, 7) is 2.33. The zero-order chi connectivity index (χ0) is 21.1. The highest BCUT2D eigenvalue weighted by Crippen LogP contribution is 2.36. The van der Waals surface area contributed by atoms with Gasteiger partial charge in [0.15, 0.2) is 5.69 Å². The SMILES string of the molecule is CN(C)CCn1cc(C(=O)N2CCOc3ccc(-c4ccc(C#N)cc4)cc32)nn1. The molecule has 30 heavy (non-hydrogen) atoms. The summed E-state index contributed by atoms with van der Waals surface area (Å²) < 4.78 is 7.44. The van der Waals surface area contributed by atoms with Gasteiger partial charge in [-0.25, -0.2) is 0 Å². The summed E-state index contributed by atoms with van der Waals surface area (Å²) in [6.07, 6.45) is 1.69. The molecule has 8 nitrogen and oxygen atoms in total. The first-order valence-corrected chi connectivity index (χ1v) is 9.69. The van der Waals surface area contributed by atoms with E-state index in [4.69, 9.17) is 10.00 Å². The third kappa shape index (κ3) is 4.02. The molecule has 0 saturated carbocycles. The number of nitrogens with zero attached hydrogens (tertiary/aromatic N) is 6. The van der Waals surface area contributed by atoms with Crippen LogP contribution in [-0.4, -0.2) is 59.6 Å². The Morgan fingerprint density at radius 2 is 1.97 bits per heavy atom. The smallest absolute Gasteiger partial charge is 0.280 e. The highest BCUT2D eigenvalue weighted by atomic mass is 16.5. The molecule has 8 heteroatoms. The maximum atomic E-state index is 13.2. The lowest BCUT2D eigenvalue weighted by atomic mass is 10.0. The van der Waals surface area contributed by atoms with Gasteiger partial charge in [-0.3, -0.25) is 14.4 Å². The van der Waals surface area contributed by atoms with Crippen molar-refractivity contribution in [2.24, 2.45) is 0 Å². The number of anilines is 1. The fourth-order valence-corrected chi connectivity index (χ4v) is 3.29. The Balaban J connectivity index is 1.61. The van der Waals surface area contributed by atoms with Crippen molar-refractivity contribution < 1.29 is 9.53 Å². The number of carbonyl (C=O) groups excluding carboxylic acids is 1. The first kappa shape index (κ1) is 19.6. The van der Waals surface area contributed by atoms with E-state index in [-0.39, 0.29) is 5.91 Å². The third-order valence-corrected chi connectivity index (χ3v) is 4.95. The second-order valence-electron chi connectivity index (χ2n) is 7.35. The molecule has 0 fully saturated rings. The number of benzene rings is 2. The average molecular weight is 402 g/mol. The number of likely N-dealkylation sites (N-methyl/N-ethyl adjacent to an activating group) is 1. The van der Waals surface area contributed by atoms with Gasteiger partial charge in [0.1, 0.15) is 12.4 Å². The van der Waals surface area contributed by atoms with Gasteiger partial charge in [-0.05, 0) is 49.5 Å². The van der Waals surface area contributed by atoms with E-state index in [1.807, 2.05) is 49.3 Å². The highest BCUT2D eigenvalue weighted by molar-refractivity contribution is 6.06. The van der Waals surface area contributed by atoms with Crippen LogP contribution in [0.4, 0.5) is 5.69 Å². The summed E-state index contributed by atoms with van der Waals surface area (Å²) in [7, 11) is 3.97. The van der Waals surface area contributed by atoms with Gasteiger partial charge in [-0.2, -0.15) is 5.26 Å². The Hall–Kier alpha value is -3.70. The molecule has 0 aliphatic carbocycles. The van der Waals surface area contributed by atoms with Gasteiger partial charge in [0.05, 0.1) is 36.6 Å². The maximum Gasteiger partial charge on any atom is 0.280 e. The number of hydrogen-bond acceptors (Lipinski definition) is 6. The minimum absolute atomic E-state index is 0.201. The minimum atomic E-state index is -0.201. The molecule has 0 N–H and O–H groups in total. The van der Waals surface area contributed by atoms with Crippen LogP contribution in [0.1, 0.15) is 16.1 Å². The van der Waals surface area contributed by atoms with Crippen molar-refractivity contribution in [1.29, 1.82) is 5.26 Å². The van der Waals surface area contributed by atoms with Crippen molar-refractivity contribution >= 4 is 11.6 Å². The van der Waals surface area contributed by atoms with Crippen LogP contribution in [0.25, 0.3) is 11.1 Å². The molecule has 0 saturated heterocycles. The third-order valence-electron chi connectivity index (χ3n) is 4.95. The Morgan fingerprint density at radius 3 is 2.70 bits per heavy atom. The Labute approximate surface area is 174 Å². The van der Waals surface area contributed by atoms with Crippen LogP contribution in [0, 0.1) is 11.3 Å². The normalized spacial score (nSPS) is 12.9. The first-order chi connectivity index (χ1) is 14.5. The molecule has 0 bridgehead atoms. The summed E-state index contributed by atoms with van der Waals surface area (Å²) in [6, 6.07) is 15.2. The summed E-state index contributed by atoms with van der Waals surface area (Å²) in [5, 5.41) is 17.1. The molecule has 0 spiro atoms. The van der Waals surface area contributed by atoms with E-state index in [2.05, 4.69) is 16.4 Å². The molecular formula is C22H22N6O2. The van der Waals surface area contributed by atoms with E-state index in [9.17, 15) is 4.79 Å². The summed E-state index contributed by atoms with van der Waals surface area (Å²) in [4.78, 5) is 16.9. The number of hydrogen-bond donors (Lipinski definition) is 0. The predicted molar refractivity (Wildman–Crippen MR) is 112 cm³/mol. The number of ether oxygens (including phenoxy) is 1. The van der Waals surface area contributed by atoms with Crippen molar-refractivity contribution in [2.45, 2.75) is 6.54 Å². The molecular weight excluding hydrogens is 380 g/mol. The first-order valence-electron chi connectivity index (χ1n) is 9.69. The molecule has 1 amide bonds. The molecule has 0 unspecified atom stereocenters. The number of rotatable bonds is 5. The molecule has 0 radical (unpaired) electrons. The Morgan fingerprint density at radius 1 is 1.20 bits per heavy atom. The van der Waals surface area contributed by atoms with Gasteiger partial charge < -0.3 is 9.64 Å². The van der Waals surface area contributed by atoms with Gasteiger partial charge >= 0.3 is 0 Å². The largest absolute Gasteiger partial charge is 0.490 e. The van der Waals surface area contributed by atoms with E-state index in [0.29, 0.717) is 42.4 Å². The van der Waals surface area contributed by atoms with Crippen molar-refractivity contribution in [3.05, 3.63) is 59.9 Å². The zero-order valence-electron chi connectivity index (χ0n) is 16.9. The molecule has 2 heterocycles. The van der Waals surface area contributed by atoms with Crippen LogP contribution in [0.5, 0.6) is 5.75 Å². The van der Waals surface area contributed by atoms with Crippen molar-refractivity contribution in [3.8, 4) is 22.9 Å². The van der Waals surface area contributed by atoms with Gasteiger partial charge in [0.25, 0.3) is 5.91 Å². The van der Waals surface area contributed by atoms with Crippen LogP contribution in [-0.2, 0) is 6.54 Å². The van der Waals surface area contributed by atoms with Crippen LogP contribution in [0.3, 0.4) is 0 Å². The zero-order valence-corrected chi connectivity index (χ0v) is 16.9. The number of fused-ring (bicyclic) bond motifs is 1. The second kappa shape index (κ2) is 8.35. The van der Waals surface area contributed by atoms with Crippen molar-refractivity contribution in [2.75, 3.05) is 38.7 Å². The van der Waals surface area contributed by atoms with Crippen molar-refractivity contribution in [1.82, 2.24) is 19.9 Å². The molecule has 1 aliphatic rings. The van der Waals surface area contributed by atoms with E-state index >= 15 is 0 Å². The van der Waals surface area contributed by atoms with Crippen LogP contribution in [0.15, 0.2) is 48.7 Å². The van der Waals surface area contributed by atoms with Gasteiger partial charge in [0, 0.05) is 6.54 Å². The van der Waals surface area contributed by atoms with Crippen LogP contribution >= 0.6 is 0 Å². The lowest BCUT2D eigenvalue weighted by molar-refractivity contribution is 0.0971. The molecule has 3 aromatic rings. The topological polar surface area (TPSA) is 87.3 Å². The number of amides is 1. The number of aromatic nitrogens is 3. The second-order valence-corrected chi connectivity index (χ2v) is 7.35. The van der Waals surface area contributed by atoms with Crippen LogP contribution in [0.2, 0.25) is 0 Å². The van der Waals surface area contributed by atoms with E-state index in [1.54, 1.807) is 27.9 Å². The summed E-state index contributed by atoms with van der Waals surface area (Å²) >= 11 is 0. The lowest BCUT2D eigenvalue weighted by Crippen LogP contribution is -2.38. The monoisotopic (exact) mass is 402 g/mol. The highest BCUT2D eigenvalue weighted by Gasteiger charge is 2.27. The quantitative estimate of drug-likeness (QED) is 0.651. The standard InChI is InChI=1S/C22H22N6O2/c1-26(2)9-10-27-15-19(24-25-27)22(29)28-11-12-30-21-8-7-18(13-20(21)28)17-5-3-16(14-23)4-6-17/h3-8,13,15H,9-12H2,1-2H3. The summed E-state index contributed by atoms with van der Waals surface area (Å²) in [5.74, 6) is 0.458. The average Bonchev–Trinajstić information content (AvgIpc) is 3.25. The Kier molecular flexibility index (Phi) is 5.46. The van der Waals surface area contributed by atoms with E-state index in [0.717, 1.165) is 17.7 Å². The lowest BCUT2D eigenvalue weighted by Gasteiger charge is -2.29. The van der Waals surface area contributed by atoms with E-state index < -0.39 is 0 Å². The van der Waals surface area contributed by atoms with Gasteiger partial charge in [0.2, 0.25) is 0 Å². The fraction of sp³-hybridized carbons (Fsp3) is 0.273. The fourth-order valence-electron chi connectivity index (χ4n) is 3.29. The molecule has 0 atom stereocenters. The van der Waals surface area contributed by atoms with Gasteiger partial charge in [-0.1, -0.05) is 23.4 Å². The molecule has 152 valence electrons. The Bertz CT molecular complexity index is 1100.